The number of carbonyl (C=O) groups excluding carboxylic acids is 5. The minimum Gasteiger partial charge on any atom is -0.493 e. The normalized spacial score (nSPS) is 20.2. The molecule has 2 fully saturated rings. The van der Waals surface area contributed by atoms with Crippen LogP contribution in [0.3, 0.4) is 0 Å². The lowest BCUT2D eigenvalue weighted by molar-refractivity contribution is 0.0484. The third kappa shape index (κ3) is 7.46. The number of aliphatic hydroxyl groups is 1. The van der Waals surface area contributed by atoms with Gasteiger partial charge in [-0.05, 0) is 50.3 Å². The highest BCUT2D eigenvalue weighted by Crippen LogP contribution is 2.43. The molecular formula is C45H47N5O12. The average Bonchev–Trinajstić information content (AvgIpc) is 3.92. The van der Waals surface area contributed by atoms with E-state index in [-0.39, 0.29) is 77.9 Å². The van der Waals surface area contributed by atoms with Crippen molar-refractivity contribution in [3.63, 3.8) is 0 Å². The molecule has 0 radical (unpaired) electrons. The van der Waals surface area contributed by atoms with Crippen molar-refractivity contribution in [2.75, 3.05) is 52.5 Å². The largest absolute Gasteiger partial charge is 0.493 e. The van der Waals surface area contributed by atoms with Gasteiger partial charge in [-0.15, -0.1) is 0 Å². The lowest BCUT2D eigenvalue weighted by Gasteiger charge is -2.31. The van der Waals surface area contributed by atoms with E-state index in [0.717, 1.165) is 16.5 Å². The van der Waals surface area contributed by atoms with Gasteiger partial charge in [0, 0.05) is 44.6 Å². The first-order valence-electron chi connectivity index (χ1n) is 20.2. The van der Waals surface area contributed by atoms with Gasteiger partial charge in [-0.3, -0.25) is 24.2 Å². The highest BCUT2D eigenvalue weighted by atomic mass is 16.6. The summed E-state index contributed by atoms with van der Waals surface area (Å²) in [5.74, 6) is -0.198. The molecule has 5 aliphatic rings. The van der Waals surface area contributed by atoms with Crippen LogP contribution in [0.1, 0.15) is 79.4 Å². The summed E-state index contributed by atoms with van der Waals surface area (Å²) in [6, 6.07) is 6.86. The lowest BCUT2D eigenvalue weighted by atomic mass is 10.0. The van der Waals surface area contributed by atoms with Gasteiger partial charge in [0.25, 0.3) is 11.8 Å². The van der Waals surface area contributed by atoms with E-state index in [4.69, 9.17) is 28.4 Å². The monoisotopic (exact) mass is 849 g/mol. The van der Waals surface area contributed by atoms with E-state index in [0.29, 0.717) is 72.9 Å². The van der Waals surface area contributed by atoms with Crippen molar-refractivity contribution < 1.29 is 57.5 Å². The van der Waals surface area contributed by atoms with E-state index >= 15 is 0 Å². The summed E-state index contributed by atoms with van der Waals surface area (Å²) in [4.78, 5) is 76.0. The number of ether oxygens (including phenoxy) is 6. The van der Waals surface area contributed by atoms with E-state index < -0.39 is 35.8 Å². The first-order valence-corrected chi connectivity index (χ1v) is 20.2. The number of rotatable bonds is 13. The molecule has 2 saturated heterocycles. The van der Waals surface area contributed by atoms with Crippen molar-refractivity contribution in [3.8, 4) is 23.0 Å². The number of anilines is 1. The zero-order valence-corrected chi connectivity index (χ0v) is 34.9. The number of allylic oxidation sites excluding steroid dienone is 2. The van der Waals surface area contributed by atoms with Gasteiger partial charge in [-0.2, -0.15) is 0 Å². The standard InChI is InChI=1S/C45H47N5O12/c1-24-12-26-20-46-31-17-37(35(57-4)15-28(31)42(53)48(26)21-24)60-10-8-7-9-11-61-38-18-32-29(16-36(38)58-5)43(54)49-22-25(2)13-33(49)44(55)50(32)45(56)62-23-27-14-30-40(47(27)3)34(51)19-39(59-6)41(30)52/h14-20,26,33,44,55H,1-2,7-13,21-23H2,3-6H3/t26-,33-,44?/m0/s1. The Kier molecular flexibility index (Phi) is 11.4. The Balaban J connectivity index is 0.942. The maximum absolute atomic E-state index is 14.1. The van der Waals surface area contributed by atoms with E-state index in [1.54, 1.807) is 30.3 Å². The Bertz CT molecular complexity index is 2490. The molecule has 5 heterocycles. The Labute approximate surface area is 357 Å². The molecule has 62 heavy (non-hydrogen) atoms. The number of aromatic nitrogens is 1. The molecule has 17 nitrogen and oxygen atoms in total. The van der Waals surface area contributed by atoms with Crippen LogP contribution in [0.5, 0.6) is 23.0 Å². The van der Waals surface area contributed by atoms with Gasteiger partial charge in [0.15, 0.2) is 35.0 Å². The highest BCUT2D eigenvalue weighted by molar-refractivity contribution is 6.23. The Hall–Kier alpha value is -6.88. The Morgan fingerprint density at radius 2 is 1.44 bits per heavy atom. The zero-order valence-electron chi connectivity index (χ0n) is 34.9. The number of benzene rings is 2. The van der Waals surface area contributed by atoms with Crippen molar-refractivity contribution in [2.24, 2.45) is 12.0 Å². The predicted octanol–water partition coefficient (Wildman–Crippen LogP) is 5.31. The molecule has 1 N–H and O–H groups in total. The molecule has 17 heteroatoms. The number of methoxy groups -OCH3 is 3. The third-order valence-electron chi connectivity index (χ3n) is 11.7. The fourth-order valence-electron chi connectivity index (χ4n) is 8.54. The summed E-state index contributed by atoms with van der Waals surface area (Å²) >= 11 is 0. The molecule has 3 aromatic rings. The predicted molar refractivity (Wildman–Crippen MR) is 224 cm³/mol. The van der Waals surface area contributed by atoms with Gasteiger partial charge < -0.3 is 47.9 Å². The molecule has 2 aromatic carbocycles. The van der Waals surface area contributed by atoms with Crippen molar-refractivity contribution >= 4 is 47.1 Å². The maximum Gasteiger partial charge on any atom is 0.416 e. The number of nitrogens with zero attached hydrogens (tertiary/aromatic N) is 5. The molecule has 1 aliphatic carbocycles. The van der Waals surface area contributed by atoms with Crippen LogP contribution in [0, 0.1) is 0 Å². The van der Waals surface area contributed by atoms with E-state index in [1.165, 1.54) is 49.0 Å². The molecular weight excluding hydrogens is 803 g/mol. The van der Waals surface area contributed by atoms with Crippen molar-refractivity contribution in [2.45, 2.75) is 57.0 Å². The number of amides is 3. The number of aliphatic hydroxyl groups excluding tert-OH is 1. The second kappa shape index (κ2) is 16.9. The van der Waals surface area contributed by atoms with Crippen LogP contribution in [0.15, 0.2) is 71.5 Å². The van der Waals surface area contributed by atoms with Gasteiger partial charge in [0.05, 0.1) is 80.4 Å². The van der Waals surface area contributed by atoms with Crippen LogP contribution in [-0.4, -0.2) is 121 Å². The third-order valence-corrected chi connectivity index (χ3v) is 11.7. The topological polar surface area (TPSA) is 188 Å². The van der Waals surface area contributed by atoms with Crippen LogP contribution < -0.4 is 23.8 Å². The number of ketones is 2. The average molecular weight is 850 g/mol. The second-order valence-corrected chi connectivity index (χ2v) is 15.7. The smallest absolute Gasteiger partial charge is 0.416 e. The summed E-state index contributed by atoms with van der Waals surface area (Å²) in [5, 5.41) is 11.8. The highest BCUT2D eigenvalue weighted by Gasteiger charge is 2.46. The number of unbranched alkanes of at least 4 members (excludes halogenated alkanes) is 2. The fraction of sp³-hybridized carbons (Fsp3) is 0.378. The second-order valence-electron chi connectivity index (χ2n) is 15.7. The first kappa shape index (κ1) is 41.8. The maximum atomic E-state index is 14.1. The molecule has 324 valence electrons. The number of hydrogen-bond acceptors (Lipinski definition) is 13. The number of fused-ring (bicyclic) bond motifs is 5. The molecule has 3 atom stereocenters. The molecule has 0 saturated carbocycles. The summed E-state index contributed by atoms with van der Waals surface area (Å²) in [6.45, 7) is 8.95. The molecule has 1 aromatic heterocycles. The van der Waals surface area contributed by atoms with Gasteiger partial charge in [0.2, 0.25) is 11.6 Å². The number of hydrogen-bond donors (Lipinski definition) is 1. The van der Waals surface area contributed by atoms with Gasteiger partial charge in [0.1, 0.15) is 12.3 Å². The van der Waals surface area contributed by atoms with Crippen LogP contribution in [0.25, 0.3) is 0 Å². The van der Waals surface area contributed by atoms with Crippen LogP contribution in [-0.2, 0) is 23.1 Å². The Morgan fingerprint density at radius 1 is 0.790 bits per heavy atom. The van der Waals surface area contributed by atoms with Crippen molar-refractivity contribution in [1.82, 2.24) is 14.4 Å². The molecule has 4 aliphatic heterocycles. The van der Waals surface area contributed by atoms with E-state index in [2.05, 4.69) is 18.2 Å². The summed E-state index contributed by atoms with van der Waals surface area (Å²) < 4.78 is 35.8. The number of aliphatic imine (C=N–C) groups is 1. The van der Waals surface area contributed by atoms with E-state index in [1.807, 2.05) is 0 Å². The quantitative estimate of drug-likeness (QED) is 0.173. The van der Waals surface area contributed by atoms with Crippen molar-refractivity contribution in [1.29, 1.82) is 0 Å². The number of Topliss-reactive ketones (excluding diaryl/α,β-unsaturated/α-hetero) is 1. The minimum absolute atomic E-state index is 0.0498. The summed E-state index contributed by atoms with van der Waals surface area (Å²) in [7, 11) is 5.83. The van der Waals surface area contributed by atoms with Crippen LogP contribution in [0.4, 0.5) is 16.2 Å². The number of carbonyl (C=O) groups is 5. The van der Waals surface area contributed by atoms with Crippen LogP contribution >= 0.6 is 0 Å². The van der Waals surface area contributed by atoms with E-state index in [9.17, 15) is 29.1 Å². The molecule has 1 unspecified atom stereocenters. The lowest BCUT2D eigenvalue weighted by Crippen LogP contribution is -2.50. The molecule has 8 rings (SSSR count). The summed E-state index contributed by atoms with van der Waals surface area (Å²) in [5.41, 5.74) is 3.37. The van der Waals surface area contributed by atoms with Gasteiger partial charge in [-0.1, -0.05) is 24.3 Å². The minimum atomic E-state index is -1.53. The zero-order chi connectivity index (χ0) is 44.0. The fourth-order valence-corrected chi connectivity index (χ4v) is 8.54. The molecule has 3 amide bonds. The SMILES string of the molecule is C=C1C[C@H]2C=Nc3cc(OCCCCCOc4cc5c(cc4OC)C(=O)N4CC(=C)C[C@H]4C(O)N5C(=O)OCc4cc5c(n4C)C(=O)C=C(OC)C5=O)c(OC)cc3C(=O)N2C1. The van der Waals surface area contributed by atoms with Gasteiger partial charge in [-0.25, -0.2) is 9.69 Å². The Morgan fingerprint density at radius 3 is 2.13 bits per heavy atom. The first-order chi connectivity index (χ1) is 29.8. The van der Waals surface area contributed by atoms with Crippen LogP contribution in [0.2, 0.25) is 0 Å². The molecule has 0 bridgehead atoms. The van der Waals surface area contributed by atoms with Crippen molar-refractivity contribution in [3.05, 3.63) is 94.5 Å². The van der Waals surface area contributed by atoms with Gasteiger partial charge >= 0.3 is 6.09 Å². The molecule has 0 spiro atoms. The summed E-state index contributed by atoms with van der Waals surface area (Å²) in [6.07, 6.45) is 3.28.